The van der Waals surface area contributed by atoms with E-state index in [2.05, 4.69) is 34.9 Å². The molecule has 0 aliphatic carbocycles. The molecule has 0 aliphatic rings. The first-order valence-electron chi connectivity index (χ1n) is 6.47. The molecule has 0 bridgehead atoms. The summed E-state index contributed by atoms with van der Waals surface area (Å²) in [5, 5.41) is 1.22. The van der Waals surface area contributed by atoms with Crippen LogP contribution in [0.4, 0.5) is 0 Å². The van der Waals surface area contributed by atoms with Crippen LogP contribution in [0.15, 0.2) is 60.7 Å². The molecule has 3 aromatic rings. The molecule has 94 valence electrons. The number of hydrogen-bond acceptors (Lipinski definition) is 1. The molecule has 0 spiro atoms. The van der Waals surface area contributed by atoms with Crippen molar-refractivity contribution in [1.82, 2.24) is 4.57 Å². The predicted molar refractivity (Wildman–Crippen MR) is 78.1 cm³/mol. The molecule has 1 aromatic heterocycles. The van der Waals surface area contributed by atoms with E-state index in [-0.39, 0.29) is 0 Å². The number of carbonyl (C=O) groups is 1. The van der Waals surface area contributed by atoms with E-state index >= 15 is 0 Å². The average Bonchev–Trinajstić information content (AvgIpc) is 2.85. The van der Waals surface area contributed by atoms with E-state index in [1.165, 1.54) is 22.2 Å². The fourth-order valence-corrected chi connectivity index (χ4v) is 2.48. The zero-order valence-electron chi connectivity index (χ0n) is 10.6. The maximum Gasteiger partial charge on any atom is 0.121 e. The fourth-order valence-electron chi connectivity index (χ4n) is 2.48. The Labute approximate surface area is 112 Å². The van der Waals surface area contributed by atoms with Crippen LogP contribution in [0.2, 0.25) is 0 Å². The maximum absolute atomic E-state index is 10.7. The average molecular weight is 249 g/mol. The Hall–Kier alpha value is -2.35. The van der Waals surface area contributed by atoms with Crippen LogP contribution in [0.3, 0.4) is 0 Å². The lowest BCUT2D eigenvalue weighted by molar-refractivity contribution is -0.108. The van der Waals surface area contributed by atoms with Gasteiger partial charge in [-0.25, -0.2) is 0 Å². The number of aromatic nitrogens is 1. The second-order valence-electron chi connectivity index (χ2n) is 4.56. The van der Waals surface area contributed by atoms with Gasteiger partial charge >= 0.3 is 0 Å². The van der Waals surface area contributed by atoms with Crippen molar-refractivity contribution >= 4 is 17.2 Å². The SMILES string of the molecule is O=CCCn1c(-c2ccccc2)cc2ccccc21. The van der Waals surface area contributed by atoms with Gasteiger partial charge in [0.05, 0.1) is 0 Å². The van der Waals surface area contributed by atoms with Gasteiger partial charge in [-0.1, -0.05) is 48.5 Å². The van der Waals surface area contributed by atoms with E-state index in [1.54, 1.807) is 0 Å². The predicted octanol–water partition coefficient (Wildman–Crippen LogP) is 3.90. The zero-order chi connectivity index (χ0) is 13.1. The van der Waals surface area contributed by atoms with Gasteiger partial charge in [0.15, 0.2) is 0 Å². The molecule has 1 heterocycles. The first-order chi connectivity index (χ1) is 9.40. The van der Waals surface area contributed by atoms with E-state index in [1.807, 2.05) is 30.3 Å². The lowest BCUT2D eigenvalue weighted by atomic mass is 10.1. The van der Waals surface area contributed by atoms with Gasteiger partial charge in [-0.15, -0.1) is 0 Å². The monoisotopic (exact) mass is 249 g/mol. The van der Waals surface area contributed by atoms with Crippen molar-refractivity contribution in [3.05, 3.63) is 60.7 Å². The van der Waals surface area contributed by atoms with E-state index in [0.717, 1.165) is 12.8 Å². The standard InChI is InChI=1S/C17H15NO/c19-12-6-11-18-16-10-5-4-9-15(16)13-17(18)14-7-2-1-3-8-14/h1-5,7-10,12-13H,6,11H2. The summed E-state index contributed by atoms with van der Waals surface area (Å²) in [6.45, 7) is 0.723. The molecule has 2 aromatic carbocycles. The molecule has 0 fully saturated rings. The Morgan fingerprint density at radius 2 is 1.68 bits per heavy atom. The van der Waals surface area contributed by atoms with Crippen LogP contribution in [0.1, 0.15) is 6.42 Å². The molecule has 19 heavy (non-hydrogen) atoms. The number of aldehydes is 1. The molecule has 0 unspecified atom stereocenters. The highest BCUT2D eigenvalue weighted by Gasteiger charge is 2.09. The van der Waals surface area contributed by atoms with Gasteiger partial charge < -0.3 is 9.36 Å². The van der Waals surface area contributed by atoms with Crippen LogP contribution in [0.25, 0.3) is 22.2 Å². The zero-order valence-corrected chi connectivity index (χ0v) is 10.6. The van der Waals surface area contributed by atoms with Gasteiger partial charge in [-0.3, -0.25) is 0 Å². The summed E-state index contributed by atoms with van der Waals surface area (Å²) in [6.07, 6.45) is 1.52. The molecule has 0 N–H and O–H groups in total. The Morgan fingerprint density at radius 3 is 2.47 bits per heavy atom. The van der Waals surface area contributed by atoms with Crippen molar-refractivity contribution in [1.29, 1.82) is 0 Å². The normalized spacial score (nSPS) is 10.7. The lowest BCUT2D eigenvalue weighted by Crippen LogP contribution is -2.00. The number of benzene rings is 2. The van der Waals surface area contributed by atoms with Gasteiger partial charge in [0, 0.05) is 29.6 Å². The van der Waals surface area contributed by atoms with Crippen LogP contribution < -0.4 is 0 Å². The smallest absolute Gasteiger partial charge is 0.121 e. The van der Waals surface area contributed by atoms with Crippen LogP contribution in [0, 0.1) is 0 Å². The topological polar surface area (TPSA) is 22.0 Å². The first-order valence-corrected chi connectivity index (χ1v) is 6.47. The number of aryl methyl sites for hydroxylation is 1. The van der Waals surface area contributed by atoms with Crippen molar-refractivity contribution in [3.63, 3.8) is 0 Å². The Balaban J connectivity index is 2.19. The van der Waals surface area contributed by atoms with Gasteiger partial charge in [-0.05, 0) is 17.7 Å². The van der Waals surface area contributed by atoms with Gasteiger partial charge in [-0.2, -0.15) is 0 Å². The molecule has 2 heteroatoms. The minimum absolute atomic E-state index is 0.540. The fraction of sp³-hybridized carbons (Fsp3) is 0.118. The molecule has 0 aliphatic heterocycles. The number of para-hydroxylation sites is 1. The minimum Gasteiger partial charge on any atom is -0.340 e. The van der Waals surface area contributed by atoms with Gasteiger partial charge in [0.25, 0.3) is 0 Å². The third-order valence-corrected chi connectivity index (χ3v) is 3.35. The molecule has 0 radical (unpaired) electrons. The van der Waals surface area contributed by atoms with Crippen molar-refractivity contribution in [2.24, 2.45) is 0 Å². The van der Waals surface area contributed by atoms with Crippen molar-refractivity contribution in [2.75, 3.05) is 0 Å². The molecule has 0 atom stereocenters. The molecule has 3 rings (SSSR count). The number of fused-ring (bicyclic) bond motifs is 1. The quantitative estimate of drug-likeness (QED) is 0.643. The summed E-state index contributed by atoms with van der Waals surface area (Å²) in [5.41, 5.74) is 3.54. The van der Waals surface area contributed by atoms with Gasteiger partial charge in [0.2, 0.25) is 0 Å². The molecule has 0 saturated carbocycles. The summed E-state index contributed by atoms with van der Waals surface area (Å²) in [5.74, 6) is 0. The largest absolute Gasteiger partial charge is 0.340 e. The van der Waals surface area contributed by atoms with Gasteiger partial charge in [0.1, 0.15) is 6.29 Å². The minimum atomic E-state index is 0.540. The van der Waals surface area contributed by atoms with E-state index in [0.29, 0.717) is 6.42 Å². The van der Waals surface area contributed by atoms with E-state index < -0.39 is 0 Å². The maximum atomic E-state index is 10.7. The summed E-state index contributed by atoms with van der Waals surface area (Å²) in [4.78, 5) is 10.7. The Kier molecular flexibility index (Phi) is 3.15. The summed E-state index contributed by atoms with van der Waals surface area (Å²) in [7, 11) is 0. The summed E-state index contributed by atoms with van der Waals surface area (Å²) < 4.78 is 2.22. The second kappa shape index (κ2) is 5.11. The highest BCUT2D eigenvalue weighted by molar-refractivity contribution is 5.87. The molecule has 0 saturated heterocycles. The summed E-state index contributed by atoms with van der Waals surface area (Å²) >= 11 is 0. The van der Waals surface area contributed by atoms with Crippen LogP contribution >= 0.6 is 0 Å². The summed E-state index contributed by atoms with van der Waals surface area (Å²) in [6, 6.07) is 20.8. The van der Waals surface area contributed by atoms with Crippen LogP contribution in [-0.2, 0) is 11.3 Å². The van der Waals surface area contributed by atoms with Crippen LogP contribution in [-0.4, -0.2) is 10.9 Å². The van der Waals surface area contributed by atoms with E-state index in [9.17, 15) is 4.79 Å². The van der Waals surface area contributed by atoms with Crippen LogP contribution in [0.5, 0.6) is 0 Å². The third kappa shape index (κ3) is 2.17. The van der Waals surface area contributed by atoms with Crippen molar-refractivity contribution < 1.29 is 4.79 Å². The first kappa shape index (κ1) is 11.7. The second-order valence-corrected chi connectivity index (χ2v) is 4.56. The highest BCUT2D eigenvalue weighted by Crippen LogP contribution is 2.28. The molecule has 2 nitrogen and oxygen atoms in total. The number of nitrogens with zero attached hydrogens (tertiary/aromatic N) is 1. The molecular weight excluding hydrogens is 234 g/mol. The number of hydrogen-bond donors (Lipinski definition) is 0. The molecular formula is C17H15NO. The number of carbonyl (C=O) groups excluding carboxylic acids is 1. The Morgan fingerprint density at radius 1 is 0.947 bits per heavy atom. The van der Waals surface area contributed by atoms with Crippen molar-refractivity contribution in [2.45, 2.75) is 13.0 Å². The van der Waals surface area contributed by atoms with E-state index in [4.69, 9.17) is 0 Å². The highest BCUT2D eigenvalue weighted by atomic mass is 16.1. The third-order valence-electron chi connectivity index (χ3n) is 3.35. The van der Waals surface area contributed by atoms with Crippen molar-refractivity contribution in [3.8, 4) is 11.3 Å². The number of rotatable bonds is 4. The lowest BCUT2D eigenvalue weighted by Gasteiger charge is -2.09. The Bertz CT molecular complexity index is 698. The molecule has 0 amide bonds.